The first-order valence-electron chi connectivity index (χ1n) is 6.64. The molecule has 1 fully saturated rings. The quantitative estimate of drug-likeness (QED) is 0.461. The standard InChI is InChI=1S/C12H23N2O6/c1-9(18-11(16)19-12(2,3)4)20-14(17)13-7-5-6-10(13)8-15/h9-10,15H,5-8H2,1-4H3/q-1/t9?,10-/m0/s1. The first-order valence-corrected chi connectivity index (χ1v) is 6.64. The molecule has 1 aliphatic rings. The molecule has 8 heteroatoms. The van der Waals surface area contributed by atoms with Crippen LogP contribution >= 0.6 is 0 Å². The number of hydrogen-bond acceptors (Lipinski definition) is 8. The molecular weight excluding hydrogens is 268 g/mol. The summed E-state index contributed by atoms with van der Waals surface area (Å²) in [4.78, 5) is 16.3. The molecule has 20 heavy (non-hydrogen) atoms. The van der Waals surface area contributed by atoms with Gasteiger partial charge in [0.25, 0.3) is 0 Å². The maximum absolute atomic E-state index is 11.8. The minimum Gasteiger partial charge on any atom is -0.748 e. The maximum Gasteiger partial charge on any atom is 0.511 e. The van der Waals surface area contributed by atoms with E-state index in [2.05, 4.69) is 0 Å². The molecule has 1 unspecified atom stereocenters. The minimum atomic E-state index is -1.08. The summed E-state index contributed by atoms with van der Waals surface area (Å²) < 4.78 is 9.75. The number of hydrazine groups is 1. The SMILES string of the molecule is CC(OC(=O)OC(C)(C)C)ON([O-])N1CCC[C@H]1CO. The first kappa shape index (κ1) is 17.1. The number of carbonyl (C=O) groups is 1. The second-order valence-corrected chi connectivity index (χ2v) is 5.63. The van der Waals surface area contributed by atoms with Gasteiger partial charge in [-0.25, -0.2) is 9.80 Å². The van der Waals surface area contributed by atoms with Crippen molar-refractivity contribution in [3.63, 3.8) is 0 Å². The van der Waals surface area contributed by atoms with E-state index in [0.29, 0.717) is 6.54 Å². The van der Waals surface area contributed by atoms with Crippen LogP contribution in [0.5, 0.6) is 0 Å². The summed E-state index contributed by atoms with van der Waals surface area (Å²) in [6.45, 7) is 6.90. The van der Waals surface area contributed by atoms with Crippen LogP contribution in [0.15, 0.2) is 0 Å². The van der Waals surface area contributed by atoms with Crippen LogP contribution in [-0.2, 0) is 14.3 Å². The average Bonchev–Trinajstić information content (AvgIpc) is 2.73. The van der Waals surface area contributed by atoms with Crippen LogP contribution in [0.4, 0.5) is 4.79 Å². The third-order valence-electron chi connectivity index (χ3n) is 2.66. The Balaban J connectivity index is 2.38. The van der Waals surface area contributed by atoms with Crippen molar-refractivity contribution >= 4 is 6.16 Å². The van der Waals surface area contributed by atoms with Gasteiger partial charge in [0.15, 0.2) is 0 Å². The molecule has 0 saturated carbocycles. The monoisotopic (exact) mass is 291 g/mol. The second kappa shape index (κ2) is 7.19. The molecule has 1 aliphatic heterocycles. The number of nitrogens with zero attached hydrogens (tertiary/aromatic N) is 2. The molecule has 0 aromatic rings. The van der Waals surface area contributed by atoms with Crippen LogP contribution in [-0.4, -0.2) is 52.7 Å². The predicted molar refractivity (Wildman–Crippen MR) is 69.9 cm³/mol. The van der Waals surface area contributed by atoms with Crippen molar-refractivity contribution < 1.29 is 24.2 Å². The summed E-state index contributed by atoms with van der Waals surface area (Å²) >= 11 is 0. The molecule has 1 N–H and O–H groups in total. The van der Waals surface area contributed by atoms with Gasteiger partial charge in [-0.05, 0) is 33.6 Å². The summed E-state index contributed by atoms with van der Waals surface area (Å²) in [6.07, 6.45) is -0.463. The lowest BCUT2D eigenvalue weighted by Crippen LogP contribution is -2.45. The van der Waals surface area contributed by atoms with E-state index < -0.39 is 18.0 Å². The van der Waals surface area contributed by atoms with Gasteiger partial charge in [0.1, 0.15) is 5.60 Å². The van der Waals surface area contributed by atoms with E-state index >= 15 is 0 Å². The Hall–Kier alpha value is -0.930. The third kappa shape index (κ3) is 5.59. The zero-order valence-electron chi connectivity index (χ0n) is 12.4. The number of carbonyl (C=O) groups excluding carboxylic acids is 1. The Bertz CT molecular complexity index is 320. The van der Waals surface area contributed by atoms with Gasteiger partial charge in [-0.3, -0.25) is 4.84 Å². The summed E-state index contributed by atoms with van der Waals surface area (Å²) in [7, 11) is 0. The largest absolute Gasteiger partial charge is 0.748 e. The van der Waals surface area contributed by atoms with Gasteiger partial charge in [-0.15, -0.1) is 0 Å². The van der Waals surface area contributed by atoms with Gasteiger partial charge in [-0.2, -0.15) is 5.34 Å². The van der Waals surface area contributed by atoms with E-state index in [1.165, 1.54) is 11.9 Å². The van der Waals surface area contributed by atoms with Crippen molar-refractivity contribution in [3.8, 4) is 0 Å². The van der Waals surface area contributed by atoms with Crippen LogP contribution in [0.25, 0.3) is 0 Å². The summed E-state index contributed by atoms with van der Waals surface area (Å²) in [5.41, 5.74) is -0.676. The molecule has 1 heterocycles. The fourth-order valence-corrected chi connectivity index (χ4v) is 1.84. The molecule has 0 aromatic carbocycles. The van der Waals surface area contributed by atoms with Gasteiger partial charge >= 0.3 is 6.16 Å². The fraction of sp³-hybridized carbons (Fsp3) is 0.917. The lowest BCUT2D eigenvalue weighted by Gasteiger charge is -2.39. The van der Waals surface area contributed by atoms with Gasteiger partial charge in [0.05, 0.1) is 6.61 Å². The zero-order valence-corrected chi connectivity index (χ0v) is 12.4. The number of ether oxygens (including phenoxy) is 2. The van der Waals surface area contributed by atoms with E-state index in [1.54, 1.807) is 20.8 Å². The van der Waals surface area contributed by atoms with Gasteiger partial charge in [0.2, 0.25) is 6.29 Å². The third-order valence-corrected chi connectivity index (χ3v) is 2.66. The highest BCUT2D eigenvalue weighted by Gasteiger charge is 2.27. The molecule has 1 rings (SSSR count). The zero-order chi connectivity index (χ0) is 15.3. The Morgan fingerprint density at radius 2 is 2.20 bits per heavy atom. The molecule has 0 radical (unpaired) electrons. The van der Waals surface area contributed by atoms with Crippen molar-refractivity contribution in [2.45, 2.75) is 58.5 Å². The van der Waals surface area contributed by atoms with E-state index in [4.69, 9.17) is 19.4 Å². The Morgan fingerprint density at radius 3 is 2.75 bits per heavy atom. The van der Waals surface area contributed by atoms with Crippen molar-refractivity contribution in [2.24, 2.45) is 0 Å². The molecular formula is C12H23N2O6-. The molecule has 8 nitrogen and oxygen atoms in total. The highest BCUT2D eigenvalue weighted by molar-refractivity contribution is 5.60. The number of aliphatic hydroxyl groups excluding tert-OH is 1. The molecule has 0 spiro atoms. The predicted octanol–water partition coefficient (Wildman–Crippen LogP) is 1.39. The van der Waals surface area contributed by atoms with Crippen molar-refractivity contribution in [3.05, 3.63) is 5.21 Å². The summed E-state index contributed by atoms with van der Waals surface area (Å²) in [6, 6.07) is -0.263. The number of aliphatic hydroxyl groups is 1. The van der Waals surface area contributed by atoms with Crippen LogP contribution in [0, 0.1) is 5.21 Å². The molecule has 118 valence electrons. The summed E-state index contributed by atoms with van der Waals surface area (Å²) in [5, 5.41) is 22.5. The maximum atomic E-state index is 11.8. The molecule has 0 aromatic heterocycles. The Morgan fingerprint density at radius 1 is 1.55 bits per heavy atom. The minimum absolute atomic E-state index is 0.122. The Kier molecular flexibility index (Phi) is 6.15. The van der Waals surface area contributed by atoms with Crippen LogP contribution in [0.1, 0.15) is 40.5 Å². The smallest absolute Gasteiger partial charge is 0.511 e. The van der Waals surface area contributed by atoms with Crippen molar-refractivity contribution in [1.82, 2.24) is 10.3 Å². The lowest BCUT2D eigenvalue weighted by atomic mass is 10.2. The molecule has 2 atom stereocenters. The van der Waals surface area contributed by atoms with E-state index in [1.807, 2.05) is 0 Å². The molecule has 1 saturated heterocycles. The van der Waals surface area contributed by atoms with Crippen LogP contribution in [0.2, 0.25) is 0 Å². The second-order valence-electron chi connectivity index (χ2n) is 5.63. The van der Waals surface area contributed by atoms with Gasteiger partial charge in [-0.1, -0.05) is 0 Å². The van der Waals surface area contributed by atoms with Crippen molar-refractivity contribution in [2.75, 3.05) is 13.2 Å². The highest BCUT2D eigenvalue weighted by Crippen LogP contribution is 2.19. The Labute approximate surface area is 118 Å². The van der Waals surface area contributed by atoms with Crippen LogP contribution < -0.4 is 0 Å². The van der Waals surface area contributed by atoms with Crippen LogP contribution in [0.3, 0.4) is 0 Å². The van der Waals surface area contributed by atoms with E-state index in [0.717, 1.165) is 12.8 Å². The first-order chi connectivity index (χ1) is 9.23. The highest BCUT2D eigenvalue weighted by atomic mass is 17.0. The number of rotatable bonds is 5. The normalized spacial score (nSPS) is 22.1. The van der Waals surface area contributed by atoms with Gasteiger partial charge in [0, 0.05) is 19.5 Å². The lowest BCUT2D eigenvalue weighted by molar-refractivity contribution is -0.322. The van der Waals surface area contributed by atoms with Crippen molar-refractivity contribution in [1.29, 1.82) is 0 Å². The molecule has 0 bridgehead atoms. The summed E-state index contributed by atoms with van der Waals surface area (Å²) in [5.74, 6) is 0. The van der Waals surface area contributed by atoms with Gasteiger partial charge < -0.3 is 19.8 Å². The average molecular weight is 291 g/mol. The van der Waals surface area contributed by atoms with E-state index in [9.17, 15) is 10.0 Å². The topological polar surface area (TPSA) is 94.5 Å². The molecule has 0 amide bonds. The van der Waals surface area contributed by atoms with E-state index in [-0.39, 0.29) is 18.0 Å². The number of hydrogen-bond donors (Lipinski definition) is 1. The molecule has 0 aliphatic carbocycles. The fourth-order valence-electron chi connectivity index (χ4n) is 1.84.